The molecule has 1 aromatic carbocycles. The van der Waals surface area contributed by atoms with Crippen LogP contribution in [0.25, 0.3) is 0 Å². The first-order valence-electron chi connectivity index (χ1n) is 5.43. The van der Waals surface area contributed by atoms with Crippen LogP contribution in [0.2, 0.25) is 0 Å². The fourth-order valence-electron chi connectivity index (χ4n) is 1.60. The van der Waals surface area contributed by atoms with Gasteiger partial charge in [0.1, 0.15) is 11.4 Å². The molecular weight excluding hydrogens is 237 g/mol. The summed E-state index contributed by atoms with van der Waals surface area (Å²) in [5, 5.41) is 15.9. The predicted molar refractivity (Wildman–Crippen MR) is 64.5 cm³/mol. The molecule has 0 amide bonds. The summed E-state index contributed by atoms with van der Waals surface area (Å²) in [4.78, 5) is 11.0. The van der Waals surface area contributed by atoms with E-state index < -0.39 is 11.8 Å². The molecule has 0 aliphatic heterocycles. The fraction of sp³-hybridized carbons (Fsp3) is 0.167. The highest BCUT2D eigenvalue weighted by Gasteiger charge is 2.15. The number of carbonyl (C=O) groups is 1. The van der Waals surface area contributed by atoms with Gasteiger partial charge in [0, 0.05) is 12.7 Å². The van der Waals surface area contributed by atoms with E-state index in [1.807, 2.05) is 6.92 Å². The standard InChI is InChI=1S/C12H12FN3O2/c1-2-16-7-8(6-14-16)15-10-5-3-4-9(13)11(10)12(17)18/h3-7,15H,2H2,1H3,(H,17,18). The Morgan fingerprint density at radius 3 is 2.94 bits per heavy atom. The summed E-state index contributed by atoms with van der Waals surface area (Å²) in [5.41, 5.74) is 0.449. The molecule has 0 saturated carbocycles. The van der Waals surface area contributed by atoms with Gasteiger partial charge in [-0.2, -0.15) is 5.10 Å². The van der Waals surface area contributed by atoms with E-state index >= 15 is 0 Å². The molecule has 0 saturated heterocycles. The number of hydrogen-bond acceptors (Lipinski definition) is 3. The Morgan fingerprint density at radius 2 is 2.33 bits per heavy atom. The van der Waals surface area contributed by atoms with E-state index in [1.165, 1.54) is 12.1 Å². The number of halogens is 1. The molecule has 5 nitrogen and oxygen atoms in total. The first kappa shape index (κ1) is 12.1. The van der Waals surface area contributed by atoms with Gasteiger partial charge in [0.05, 0.1) is 17.6 Å². The van der Waals surface area contributed by atoms with Gasteiger partial charge in [0.2, 0.25) is 0 Å². The molecule has 0 fully saturated rings. The lowest BCUT2D eigenvalue weighted by molar-refractivity contribution is 0.0693. The van der Waals surface area contributed by atoms with E-state index in [2.05, 4.69) is 10.4 Å². The average molecular weight is 249 g/mol. The summed E-state index contributed by atoms with van der Waals surface area (Å²) in [6.07, 6.45) is 3.27. The van der Waals surface area contributed by atoms with Crippen molar-refractivity contribution in [1.82, 2.24) is 9.78 Å². The molecule has 0 unspecified atom stereocenters. The molecule has 2 rings (SSSR count). The zero-order valence-corrected chi connectivity index (χ0v) is 9.72. The van der Waals surface area contributed by atoms with E-state index in [9.17, 15) is 9.18 Å². The van der Waals surface area contributed by atoms with Gasteiger partial charge in [0.25, 0.3) is 0 Å². The largest absolute Gasteiger partial charge is 0.478 e. The minimum absolute atomic E-state index is 0.207. The number of nitrogens with one attached hydrogen (secondary N) is 1. The van der Waals surface area contributed by atoms with Crippen LogP contribution in [-0.4, -0.2) is 20.9 Å². The highest BCUT2D eigenvalue weighted by Crippen LogP contribution is 2.23. The number of carboxylic acids is 1. The van der Waals surface area contributed by atoms with Crippen molar-refractivity contribution in [1.29, 1.82) is 0 Å². The lowest BCUT2D eigenvalue weighted by Gasteiger charge is -2.07. The molecule has 1 heterocycles. The maximum absolute atomic E-state index is 13.4. The van der Waals surface area contributed by atoms with Gasteiger partial charge < -0.3 is 10.4 Å². The summed E-state index contributed by atoms with van der Waals surface area (Å²) < 4.78 is 15.1. The van der Waals surface area contributed by atoms with E-state index in [-0.39, 0.29) is 11.3 Å². The molecule has 0 radical (unpaired) electrons. The lowest BCUT2D eigenvalue weighted by atomic mass is 10.1. The molecule has 1 aromatic heterocycles. The van der Waals surface area contributed by atoms with Crippen LogP contribution < -0.4 is 5.32 Å². The van der Waals surface area contributed by atoms with Gasteiger partial charge in [-0.15, -0.1) is 0 Å². The highest BCUT2D eigenvalue weighted by atomic mass is 19.1. The van der Waals surface area contributed by atoms with Crippen LogP contribution in [0.4, 0.5) is 15.8 Å². The average Bonchev–Trinajstić information content (AvgIpc) is 2.76. The van der Waals surface area contributed by atoms with Crippen LogP contribution in [0.3, 0.4) is 0 Å². The molecule has 6 heteroatoms. The zero-order chi connectivity index (χ0) is 13.1. The van der Waals surface area contributed by atoms with Crippen molar-refractivity contribution < 1.29 is 14.3 Å². The normalized spacial score (nSPS) is 10.3. The number of aromatic carboxylic acids is 1. The Hall–Kier alpha value is -2.37. The number of aromatic nitrogens is 2. The molecule has 94 valence electrons. The Kier molecular flexibility index (Phi) is 3.27. The first-order valence-corrected chi connectivity index (χ1v) is 5.43. The summed E-state index contributed by atoms with van der Waals surface area (Å²) in [6.45, 7) is 2.64. The molecule has 18 heavy (non-hydrogen) atoms. The minimum Gasteiger partial charge on any atom is -0.478 e. The number of rotatable bonds is 4. The molecular formula is C12H12FN3O2. The van der Waals surface area contributed by atoms with Crippen molar-refractivity contribution in [3.8, 4) is 0 Å². The monoisotopic (exact) mass is 249 g/mol. The number of aryl methyl sites for hydroxylation is 1. The Balaban J connectivity index is 2.34. The highest BCUT2D eigenvalue weighted by molar-refractivity contribution is 5.95. The van der Waals surface area contributed by atoms with Gasteiger partial charge in [0.15, 0.2) is 0 Å². The van der Waals surface area contributed by atoms with Crippen LogP contribution in [0.5, 0.6) is 0 Å². The molecule has 2 N–H and O–H groups in total. The van der Waals surface area contributed by atoms with Gasteiger partial charge in [-0.25, -0.2) is 9.18 Å². The van der Waals surface area contributed by atoms with Crippen LogP contribution >= 0.6 is 0 Å². The molecule has 0 aliphatic carbocycles. The topological polar surface area (TPSA) is 67.2 Å². The Bertz CT molecular complexity index is 580. The van der Waals surface area contributed by atoms with Crippen LogP contribution in [0, 0.1) is 5.82 Å². The van der Waals surface area contributed by atoms with Gasteiger partial charge >= 0.3 is 5.97 Å². The number of anilines is 2. The zero-order valence-electron chi connectivity index (χ0n) is 9.72. The fourth-order valence-corrected chi connectivity index (χ4v) is 1.60. The molecule has 2 aromatic rings. The van der Waals surface area contributed by atoms with Crippen molar-refractivity contribution in [3.05, 3.63) is 42.0 Å². The molecule has 0 bridgehead atoms. The van der Waals surface area contributed by atoms with Gasteiger partial charge in [-0.05, 0) is 19.1 Å². The summed E-state index contributed by atoms with van der Waals surface area (Å²) in [7, 11) is 0. The van der Waals surface area contributed by atoms with E-state index in [0.29, 0.717) is 12.2 Å². The second-order valence-corrected chi connectivity index (χ2v) is 3.68. The summed E-state index contributed by atoms with van der Waals surface area (Å²) >= 11 is 0. The van der Waals surface area contributed by atoms with Crippen molar-refractivity contribution in [2.45, 2.75) is 13.5 Å². The van der Waals surface area contributed by atoms with Crippen LogP contribution in [-0.2, 0) is 6.54 Å². The minimum atomic E-state index is -1.31. The van der Waals surface area contributed by atoms with Crippen LogP contribution in [0.15, 0.2) is 30.6 Å². The van der Waals surface area contributed by atoms with Crippen molar-refractivity contribution in [2.24, 2.45) is 0 Å². The number of hydrogen-bond donors (Lipinski definition) is 2. The molecule has 0 aliphatic rings. The molecule has 0 atom stereocenters. The van der Waals surface area contributed by atoms with Gasteiger partial charge in [-0.3, -0.25) is 4.68 Å². The number of nitrogens with zero attached hydrogens (tertiary/aromatic N) is 2. The van der Waals surface area contributed by atoms with Crippen molar-refractivity contribution in [3.63, 3.8) is 0 Å². The van der Waals surface area contributed by atoms with Gasteiger partial charge in [-0.1, -0.05) is 6.07 Å². The van der Waals surface area contributed by atoms with E-state index in [1.54, 1.807) is 17.1 Å². The Morgan fingerprint density at radius 1 is 1.56 bits per heavy atom. The SMILES string of the molecule is CCn1cc(Nc2cccc(F)c2C(=O)O)cn1. The quantitative estimate of drug-likeness (QED) is 0.873. The van der Waals surface area contributed by atoms with E-state index in [4.69, 9.17) is 5.11 Å². The maximum atomic E-state index is 13.4. The number of benzene rings is 1. The van der Waals surface area contributed by atoms with E-state index in [0.717, 1.165) is 6.07 Å². The van der Waals surface area contributed by atoms with Crippen molar-refractivity contribution in [2.75, 3.05) is 5.32 Å². The molecule has 0 spiro atoms. The number of carboxylic acid groups (broad SMARTS) is 1. The maximum Gasteiger partial charge on any atom is 0.340 e. The first-order chi connectivity index (χ1) is 8.61. The predicted octanol–water partition coefficient (Wildman–Crippen LogP) is 2.48. The second kappa shape index (κ2) is 4.87. The Labute approximate surface area is 103 Å². The summed E-state index contributed by atoms with van der Waals surface area (Å²) in [5.74, 6) is -2.08. The second-order valence-electron chi connectivity index (χ2n) is 3.68. The lowest BCUT2D eigenvalue weighted by Crippen LogP contribution is -2.05. The summed E-state index contributed by atoms with van der Waals surface area (Å²) in [6, 6.07) is 4.08. The third-order valence-corrected chi connectivity index (χ3v) is 2.46. The van der Waals surface area contributed by atoms with Crippen molar-refractivity contribution >= 4 is 17.3 Å². The third-order valence-electron chi connectivity index (χ3n) is 2.46. The third kappa shape index (κ3) is 2.32. The smallest absolute Gasteiger partial charge is 0.340 e. The van der Waals surface area contributed by atoms with Crippen LogP contribution in [0.1, 0.15) is 17.3 Å².